The molecule has 2 heterocycles. The van der Waals surface area contributed by atoms with E-state index in [9.17, 15) is 4.79 Å². The molecule has 0 aliphatic heterocycles. The molecule has 2 aromatic rings. The molecule has 0 saturated carbocycles. The molecular formula is C14H15N3O2. The first-order chi connectivity index (χ1) is 9.06. The van der Waals surface area contributed by atoms with E-state index in [0.717, 1.165) is 5.56 Å². The second-order valence-electron chi connectivity index (χ2n) is 4.33. The number of nitrogens with zero attached hydrogens (tertiary/aromatic N) is 2. The highest BCUT2D eigenvalue weighted by atomic mass is 16.4. The second kappa shape index (κ2) is 5.48. The summed E-state index contributed by atoms with van der Waals surface area (Å²) in [6, 6.07) is 6.92. The summed E-state index contributed by atoms with van der Waals surface area (Å²) in [5.74, 6) is -0.396. The molecule has 2 rings (SSSR count). The van der Waals surface area contributed by atoms with Crippen LogP contribution in [0.3, 0.4) is 0 Å². The minimum absolute atomic E-state index is 0.0268. The molecule has 1 atom stereocenters. The Morgan fingerprint density at radius 2 is 2.00 bits per heavy atom. The lowest BCUT2D eigenvalue weighted by Crippen LogP contribution is -2.09. The Bertz CT molecular complexity index is 584. The van der Waals surface area contributed by atoms with Crippen LogP contribution in [0.1, 0.15) is 34.6 Å². The Balaban J connectivity index is 2.21. The summed E-state index contributed by atoms with van der Waals surface area (Å²) in [7, 11) is 0. The van der Waals surface area contributed by atoms with Gasteiger partial charge in [-0.15, -0.1) is 0 Å². The van der Waals surface area contributed by atoms with Crippen LogP contribution in [0.15, 0.2) is 36.7 Å². The largest absolute Gasteiger partial charge is 0.478 e. The Morgan fingerprint density at radius 1 is 1.32 bits per heavy atom. The number of carboxylic acid groups (broad SMARTS) is 1. The van der Waals surface area contributed by atoms with Crippen molar-refractivity contribution in [2.45, 2.75) is 19.9 Å². The van der Waals surface area contributed by atoms with Gasteiger partial charge >= 0.3 is 5.97 Å². The van der Waals surface area contributed by atoms with Gasteiger partial charge in [0.2, 0.25) is 0 Å². The van der Waals surface area contributed by atoms with E-state index < -0.39 is 5.97 Å². The standard InChI is InChI=1S/C14H15N3O2/c1-9-7-12(14(18)19)8-13(16-9)17-10(2)11-3-5-15-6-4-11/h3-8,10H,1-2H3,(H,16,17)(H,18,19). The van der Waals surface area contributed by atoms with Crippen LogP contribution in [0.5, 0.6) is 0 Å². The Hall–Kier alpha value is -2.43. The number of nitrogens with one attached hydrogen (secondary N) is 1. The lowest BCUT2D eigenvalue weighted by atomic mass is 10.1. The summed E-state index contributed by atoms with van der Waals surface area (Å²) in [5, 5.41) is 12.2. The average Bonchev–Trinajstić information content (AvgIpc) is 2.39. The van der Waals surface area contributed by atoms with Crippen LogP contribution in [0.2, 0.25) is 0 Å². The van der Waals surface area contributed by atoms with E-state index >= 15 is 0 Å². The maximum Gasteiger partial charge on any atom is 0.335 e. The molecule has 19 heavy (non-hydrogen) atoms. The lowest BCUT2D eigenvalue weighted by Gasteiger charge is -2.15. The number of hydrogen-bond acceptors (Lipinski definition) is 4. The molecule has 0 aliphatic rings. The minimum Gasteiger partial charge on any atom is -0.478 e. The fraction of sp³-hybridized carbons (Fsp3) is 0.214. The Kier molecular flexibility index (Phi) is 3.75. The van der Waals surface area contributed by atoms with Gasteiger partial charge in [-0.05, 0) is 43.7 Å². The van der Waals surface area contributed by atoms with E-state index in [1.54, 1.807) is 25.4 Å². The van der Waals surface area contributed by atoms with E-state index in [0.29, 0.717) is 11.5 Å². The molecule has 1 unspecified atom stereocenters. The third-order valence-corrected chi connectivity index (χ3v) is 2.77. The highest BCUT2D eigenvalue weighted by molar-refractivity contribution is 5.88. The lowest BCUT2D eigenvalue weighted by molar-refractivity contribution is 0.0696. The van der Waals surface area contributed by atoms with Crippen LogP contribution in [-0.2, 0) is 0 Å². The smallest absolute Gasteiger partial charge is 0.335 e. The molecule has 0 spiro atoms. The summed E-state index contributed by atoms with van der Waals surface area (Å²) >= 11 is 0. The first-order valence-corrected chi connectivity index (χ1v) is 5.94. The molecule has 0 bridgehead atoms. The summed E-state index contributed by atoms with van der Waals surface area (Å²) in [4.78, 5) is 19.3. The van der Waals surface area contributed by atoms with Gasteiger partial charge in [0.05, 0.1) is 11.6 Å². The van der Waals surface area contributed by atoms with Crippen molar-refractivity contribution in [3.63, 3.8) is 0 Å². The van der Waals surface area contributed by atoms with Gasteiger partial charge in [0.1, 0.15) is 5.82 Å². The molecule has 98 valence electrons. The normalized spacial score (nSPS) is 11.9. The van der Waals surface area contributed by atoms with E-state index in [4.69, 9.17) is 5.11 Å². The van der Waals surface area contributed by atoms with Crippen molar-refractivity contribution in [1.29, 1.82) is 0 Å². The maximum absolute atomic E-state index is 11.0. The molecule has 0 radical (unpaired) electrons. The highest BCUT2D eigenvalue weighted by Gasteiger charge is 2.09. The van der Waals surface area contributed by atoms with Gasteiger partial charge in [0.25, 0.3) is 0 Å². The fourth-order valence-electron chi connectivity index (χ4n) is 1.82. The van der Waals surface area contributed by atoms with Crippen molar-refractivity contribution >= 4 is 11.8 Å². The number of aromatic nitrogens is 2. The van der Waals surface area contributed by atoms with E-state index in [-0.39, 0.29) is 11.6 Å². The number of hydrogen-bond donors (Lipinski definition) is 2. The predicted molar refractivity (Wildman–Crippen MR) is 72.2 cm³/mol. The third-order valence-electron chi connectivity index (χ3n) is 2.77. The first-order valence-electron chi connectivity index (χ1n) is 5.94. The number of pyridine rings is 2. The second-order valence-corrected chi connectivity index (χ2v) is 4.33. The minimum atomic E-state index is -0.954. The zero-order chi connectivity index (χ0) is 13.8. The van der Waals surface area contributed by atoms with Crippen LogP contribution >= 0.6 is 0 Å². The number of anilines is 1. The van der Waals surface area contributed by atoms with Crippen LogP contribution in [0.25, 0.3) is 0 Å². The number of aromatic carboxylic acids is 1. The van der Waals surface area contributed by atoms with Crippen LogP contribution < -0.4 is 5.32 Å². The third kappa shape index (κ3) is 3.28. The summed E-state index contributed by atoms with van der Waals surface area (Å²) in [6.45, 7) is 3.76. The molecule has 5 heteroatoms. The van der Waals surface area contributed by atoms with Crippen molar-refractivity contribution in [3.05, 3.63) is 53.5 Å². The molecular weight excluding hydrogens is 242 g/mol. The predicted octanol–water partition coefficient (Wildman–Crippen LogP) is 2.66. The van der Waals surface area contributed by atoms with Gasteiger partial charge in [0, 0.05) is 18.1 Å². The number of rotatable bonds is 4. The van der Waals surface area contributed by atoms with Crippen LogP contribution in [-0.4, -0.2) is 21.0 Å². The molecule has 0 fully saturated rings. The monoisotopic (exact) mass is 257 g/mol. The number of aryl methyl sites for hydroxylation is 1. The van der Waals surface area contributed by atoms with Gasteiger partial charge in [-0.3, -0.25) is 4.98 Å². The molecule has 2 aromatic heterocycles. The van der Waals surface area contributed by atoms with Gasteiger partial charge in [0.15, 0.2) is 0 Å². The highest BCUT2D eigenvalue weighted by Crippen LogP contribution is 2.18. The van der Waals surface area contributed by atoms with Crippen molar-refractivity contribution in [3.8, 4) is 0 Å². The summed E-state index contributed by atoms with van der Waals surface area (Å²) in [5.41, 5.74) is 1.97. The molecule has 0 saturated heterocycles. The maximum atomic E-state index is 11.0. The zero-order valence-electron chi connectivity index (χ0n) is 10.8. The van der Waals surface area contributed by atoms with Gasteiger partial charge in [-0.25, -0.2) is 9.78 Å². The molecule has 0 aliphatic carbocycles. The van der Waals surface area contributed by atoms with E-state index in [1.165, 1.54) is 6.07 Å². The zero-order valence-corrected chi connectivity index (χ0v) is 10.8. The van der Waals surface area contributed by atoms with Gasteiger partial charge in [-0.1, -0.05) is 0 Å². The first kappa shape index (κ1) is 13.0. The molecule has 2 N–H and O–H groups in total. The molecule has 0 aromatic carbocycles. The number of carboxylic acids is 1. The molecule has 5 nitrogen and oxygen atoms in total. The van der Waals surface area contributed by atoms with Crippen molar-refractivity contribution < 1.29 is 9.90 Å². The average molecular weight is 257 g/mol. The van der Waals surface area contributed by atoms with Crippen LogP contribution in [0.4, 0.5) is 5.82 Å². The Labute approximate surface area is 111 Å². The van der Waals surface area contributed by atoms with E-state index in [1.807, 2.05) is 19.1 Å². The Morgan fingerprint density at radius 3 is 2.63 bits per heavy atom. The summed E-state index contributed by atoms with van der Waals surface area (Å²) in [6.07, 6.45) is 3.44. The van der Waals surface area contributed by atoms with E-state index in [2.05, 4.69) is 15.3 Å². The number of carbonyl (C=O) groups is 1. The fourth-order valence-corrected chi connectivity index (χ4v) is 1.82. The van der Waals surface area contributed by atoms with Crippen molar-refractivity contribution in [2.75, 3.05) is 5.32 Å². The van der Waals surface area contributed by atoms with Crippen molar-refractivity contribution in [2.24, 2.45) is 0 Å². The van der Waals surface area contributed by atoms with Crippen molar-refractivity contribution in [1.82, 2.24) is 9.97 Å². The molecule has 0 amide bonds. The summed E-state index contributed by atoms with van der Waals surface area (Å²) < 4.78 is 0. The topological polar surface area (TPSA) is 75.1 Å². The van der Waals surface area contributed by atoms with Crippen LogP contribution in [0, 0.1) is 6.92 Å². The SMILES string of the molecule is Cc1cc(C(=O)O)cc(NC(C)c2ccncc2)n1. The van der Waals surface area contributed by atoms with Gasteiger partial charge in [-0.2, -0.15) is 0 Å². The van der Waals surface area contributed by atoms with Gasteiger partial charge < -0.3 is 10.4 Å². The quantitative estimate of drug-likeness (QED) is 0.880.